The van der Waals surface area contributed by atoms with E-state index < -0.39 is 42.0 Å². The van der Waals surface area contributed by atoms with Crippen molar-refractivity contribution in [2.75, 3.05) is 7.11 Å². The quantitative estimate of drug-likeness (QED) is 0.0948. The molecule has 39 heavy (non-hydrogen) atoms. The van der Waals surface area contributed by atoms with E-state index in [0.717, 1.165) is 33.9 Å². The maximum absolute atomic E-state index is 11.6. The Balaban J connectivity index is 1.98. The highest BCUT2D eigenvalue weighted by Crippen LogP contribution is 2.32. The van der Waals surface area contributed by atoms with Crippen LogP contribution < -0.4 is 13.7 Å². The fourth-order valence-corrected chi connectivity index (χ4v) is 4.15. The van der Waals surface area contributed by atoms with Gasteiger partial charge in [-0.2, -0.15) is 12.6 Å². The number of benzene rings is 3. The predicted molar refractivity (Wildman–Crippen MR) is 129 cm³/mol. The smallest absolute Gasteiger partial charge is 0.357 e. The molecule has 0 aliphatic carbocycles. The summed E-state index contributed by atoms with van der Waals surface area (Å²) in [5.74, 6) is -0.711. The number of aromatic nitrogens is 4. The van der Waals surface area contributed by atoms with Gasteiger partial charge in [-0.1, -0.05) is 0 Å². The third-order valence-corrected chi connectivity index (χ3v) is 6.26. The van der Waals surface area contributed by atoms with E-state index in [9.17, 15) is 42.0 Å². The minimum atomic E-state index is -4.72. The average Bonchev–Trinajstić information content (AvgIpc) is 3.32. The summed E-state index contributed by atoms with van der Waals surface area (Å²) >= 11 is -2.92. The molecule has 17 nitrogen and oxygen atoms in total. The highest BCUT2D eigenvalue weighted by Gasteiger charge is 2.30. The van der Waals surface area contributed by atoms with Gasteiger partial charge in [0.05, 0.1) is 38.6 Å². The normalized spacial score (nSPS) is 12.1. The van der Waals surface area contributed by atoms with E-state index in [4.69, 9.17) is 8.92 Å². The first-order valence-electron chi connectivity index (χ1n) is 10.3. The molecule has 0 amide bonds. The number of tetrazole rings is 1. The Hall–Kier alpha value is -4.85. The van der Waals surface area contributed by atoms with E-state index in [1.54, 1.807) is 0 Å². The summed E-state index contributed by atoms with van der Waals surface area (Å²) in [7, 11) is -3.46. The molecule has 0 radical (unpaired) electrons. The molecule has 1 atom stereocenters. The van der Waals surface area contributed by atoms with Gasteiger partial charge in [0.15, 0.2) is 11.5 Å². The summed E-state index contributed by atoms with van der Waals surface area (Å²) in [5, 5.41) is 31.0. The van der Waals surface area contributed by atoms with E-state index in [1.807, 2.05) is 0 Å². The molecule has 202 valence electrons. The lowest BCUT2D eigenvalue weighted by Crippen LogP contribution is -2.43. The Morgan fingerprint density at radius 1 is 0.974 bits per heavy atom. The van der Waals surface area contributed by atoms with Crippen LogP contribution in [0.15, 0.2) is 65.6 Å². The number of hydrogen-bond acceptors (Lipinski definition) is 11. The Morgan fingerprint density at radius 2 is 1.62 bits per heavy atom. The van der Waals surface area contributed by atoms with E-state index in [2.05, 4.69) is 10.2 Å². The highest BCUT2D eigenvalue weighted by atomic mass is 32.2. The van der Waals surface area contributed by atoms with E-state index in [-0.39, 0.29) is 39.9 Å². The topological polar surface area (TPSA) is 231 Å². The standard InChI is InChI=1S/C20H14N6O11S2/c1-36-19-10-14(26(29)30)6-9-17(19)24-22-20(21-23(24)12-2-4-13(5-3-12)25(27)28)16-8-7-15(39(33,34)35)11-18(16)37-38(31)32/h2-11H,1H3,(H-,31,32,33,34,35)/p+1. The van der Waals surface area contributed by atoms with Crippen molar-refractivity contribution in [3.63, 3.8) is 0 Å². The van der Waals surface area contributed by atoms with Crippen LogP contribution in [0.25, 0.3) is 22.8 Å². The van der Waals surface area contributed by atoms with Gasteiger partial charge < -0.3 is 8.92 Å². The second-order valence-electron chi connectivity index (χ2n) is 7.42. The number of rotatable bonds is 9. The Kier molecular flexibility index (Phi) is 7.31. The maximum Gasteiger partial charge on any atom is 0.357 e. The number of nitro benzene ring substituents is 2. The van der Waals surface area contributed by atoms with E-state index in [1.165, 1.54) is 43.5 Å². The summed E-state index contributed by atoms with van der Waals surface area (Å²) in [6.45, 7) is 0. The summed E-state index contributed by atoms with van der Waals surface area (Å²) in [6, 6.07) is 11.5. The lowest BCUT2D eigenvalue weighted by Gasteiger charge is -2.05. The minimum absolute atomic E-state index is 0.00836. The first kappa shape index (κ1) is 27.2. The summed E-state index contributed by atoms with van der Waals surface area (Å²) < 4.78 is 63.3. The van der Waals surface area contributed by atoms with Crippen molar-refractivity contribution in [3.8, 4) is 34.3 Å². The van der Waals surface area contributed by atoms with Crippen molar-refractivity contribution in [1.29, 1.82) is 0 Å². The van der Waals surface area contributed by atoms with Crippen LogP contribution in [0.3, 0.4) is 0 Å². The molecule has 0 saturated heterocycles. The van der Waals surface area contributed by atoms with Gasteiger partial charge in [0, 0.05) is 35.1 Å². The summed E-state index contributed by atoms with van der Waals surface area (Å²) in [6.07, 6.45) is 0. The van der Waals surface area contributed by atoms with Crippen molar-refractivity contribution in [2.24, 2.45) is 0 Å². The van der Waals surface area contributed by atoms with Gasteiger partial charge in [-0.15, -0.1) is 0 Å². The van der Waals surface area contributed by atoms with Crippen LogP contribution in [0.4, 0.5) is 11.4 Å². The van der Waals surface area contributed by atoms with Gasteiger partial charge in [-0.05, 0) is 34.2 Å². The van der Waals surface area contributed by atoms with Crippen molar-refractivity contribution in [3.05, 3.63) is 80.9 Å². The molecule has 19 heteroatoms. The average molecular weight is 580 g/mol. The molecule has 1 heterocycles. The minimum Gasteiger partial charge on any atom is -0.492 e. The number of hydrogen-bond donors (Lipinski definition) is 2. The molecule has 0 aliphatic heterocycles. The van der Waals surface area contributed by atoms with Gasteiger partial charge in [-0.3, -0.25) is 29.3 Å². The van der Waals surface area contributed by atoms with Crippen LogP contribution in [0.2, 0.25) is 0 Å². The summed E-state index contributed by atoms with van der Waals surface area (Å²) in [5.41, 5.74) is -0.259. The lowest BCUT2D eigenvalue weighted by atomic mass is 10.2. The first-order valence-corrected chi connectivity index (χ1v) is 12.7. The number of ether oxygens (including phenoxy) is 1. The molecule has 0 spiro atoms. The van der Waals surface area contributed by atoms with E-state index >= 15 is 0 Å². The Morgan fingerprint density at radius 3 is 2.18 bits per heavy atom. The largest absolute Gasteiger partial charge is 0.492 e. The monoisotopic (exact) mass is 579 g/mol. The van der Waals surface area contributed by atoms with Crippen LogP contribution in [-0.2, 0) is 21.5 Å². The fraction of sp³-hybridized carbons (Fsp3) is 0.0500. The maximum atomic E-state index is 11.6. The van der Waals surface area contributed by atoms with Crippen LogP contribution in [-0.4, -0.2) is 53.7 Å². The van der Waals surface area contributed by atoms with E-state index in [0.29, 0.717) is 0 Å². The zero-order valence-electron chi connectivity index (χ0n) is 19.3. The molecule has 1 aromatic heterocycles. The fourth-order valence-electron chi connectivity index (χ4n) is 3.36. The van der Waals surface area contributed by atoms with Crippen molar-refractivity contribution in [2.45, 2.75) is 4.90 Å². The number of non-ortho nitro benzene ring substituents is 2. The zero-order valence-corrected chi connectivity index (χ0v) is 21.0. The molecule has 2 N–H and O–H groups in total. The Bertz CT molecular complexity index is 1740. The number of nitrogens with zero attached hydrogens (tertiary/aromatic N) is 6. The molecule has 1 unspecified atom stereocenters. The van der Waals surface area contributed by atoms with Gasteiger partial charge >= 0.3 is 17.2 Å². The van der Waals surface area contributed by atoms with Crippen LogP contribution in [0.1, 0.15) is 0 Å². The van der Waals surface area contributed by atoms with Crippen LogP contribution in [0, 0.1) is 20.2 Å². The summed E-state index contributed by atoms with van der Waals surface area (Å²) in [4.78, 5) is 22.7. The SMILES string of the molecule is COc1cc([N+](=O)[O-])ccc1-[n+]1nc(-c2ccc(S(=O)(=O)O)cc2OS(=O)O)nn1-c1ccc([N+](=O)[O-])cc1. The van der Waals surface area contributed by atoms with Gasteiger partial charge in [0.1, 0.15) is 5.69 Å². The molecular formula is C20H15N6O11S2+. The third kappa shape index (κ3) is 5.70. The lowest BCUT2D eigenvalue weighted by molar-refractivity contribution is -0.734. The predicted octanol–water partition coefficient (Wildman–Crippen LogP) is 1.80. The van der Waals surface area contributed by atoms with Crippen molar-refractivity contribution in [1.82, 2.24) is 15.0 Å². The molecule has 0 aliphatic rings. The first-order chi connectivity index (χ1) is 18.4. The molecule has 0 saturated carbocycles. The van der Waals surface area contributed by atoms with Gasteiger partial charge in [-0.25, -0.2) is 0 Å². The molecule has 4 rings (SSSR count). The number of nitro groups is 2. The second kappa shape index (κ2) is 10.5. The van der Waals surface area contributed by atoms with Crippen LogP contribution in [0.5, 0.6) is 11.5 Å². The highest BCUT2D eigenvalue weighted by molar-refractivity contribution is 7.85. The van der Waals surface area contributed by atoms with Gasteiger partial charge in [0.25, 0.3) is 21.5 Å². The number of methoxy groups -OCH3 is 1. The second-order valence-corrected chi connectivity index (χ2v) is 9.45. The zero-order chi connectivity index (χ0) is 28.5. The molecule has 0 fully saturated rings. The van der Waals surface area contributed by atoms with Crippen LogP contribution >= 0.6 is 0 Å². The molecular weight excluding hydrogens is 564 g/mol. The molecule has 0 bridgehead atoms. The van der Waals surface area contributed by atoms with Crippen molar-refractivity contribution < 1.29 is 45.3 Å². The van der Waals surface area contributed by atoms with Crippen molar-refractivity contribution >= 4 is 32.9 Å². The molecule has 3 aromatic carbocycles. The van der Waals surface area contributed by atoms with Gasteiger partial charge in [0.2, 0.25) is 5.69 Å². The third-order valence-electron chi connectivity index (χ3n) is 5.09. The molecule has 4 aromatic rings. The Labute approximate surface area is 220 Å².